The van der Waals surface area contributed by atoms with Crippen LogP contribution in [0.3, 0.4) is 0 Å². The standard InChI is InChI=1S/C12H21N3S.ClH/c1-9(10-5-3-2-4-6-10)14-7-11-8-15-12(13)16-11;/h8-10,14H,2-7H2,1H3,(H2,13,15);1H. The van der Waals surface area contributed by atoms with Crippen molar-refractivity contribution in [1.82, 2.24) is 10.3 Å². The Bertz CT molecular complexity index is 323. The van der Waals surface area contributed by atoms with Gasteiger partial charge in [-0.2, -0.15) is 0 Å². The summed E-state index contributed by atoms with van der Waals surface area (Å²) in [5.74, 6) is 0.860. The highest BCUT2D eigenvalue weighted by atomic mass is 35.5. The lowest BCUT2D eigenvalue weighted by Crippen LogP contribution is -2.34. The van der Waals surface area contributed by atoms with E-state index in [0.717, 1.165) is 12.5 Å². The first-order valence-electron chi connectivity index (χ1n) is 6.19. The molecule has 0 spiro atoms. The van der Waals surface area contributed by atoms with Gasteiger partial charge < -0.3 is 11.1 Å². The van der Waals surface area contributed by atoms with Crippen LogP contribution in [0.15, 0.2) is 6.20 Å². The second kappa shape index (κ2) is 7.19. The van der Waals surface area contributed by atoms with Gasteiger partial charge in [-0.05, 0) is 25.7 Å². The normalized spacial score (nSPS) is 18.6. The molecule has 1 heterocycles. The number of thiazole rings is 1. The fourth-order valence-corrected chi connectivity index (χ4v) is 3.10. The summed E-state index contributed by atoms with van der Waals surface area (Å²) in [6.45, 7) is 3.22. The van der Waals surface area contributed by atoms with E-state index in [-0.39, 0.29) is 12.4 Å². The van der Waals surface area contributed by atoms with E-state index in [1.54, 1.807) is 11.3 Å². The molecule has 1 fully saturated rings. The van der Waals surface area contributed by atoms with Crippen LogP contribution in [0.4, 0.5) is 5.13 Å². The number of nitrogens with two attached hydrogens (primary N) is 1. The Kier molecular flexibility index (Phi) is 6.23. The largest absolute Gasteiger partial charge is 0.375 e. The molecule has 1 aliphatic carbocycles. The number of nitrogens with one attached hydrogen (secondary N) is 1. The third-order valence-corrected chi connectivity index (χ3v) is 4.35. The first kappa shape index (κ1) is 14.7. The molecule has 1 aromatic heterocycles. The Hall–Kier alpha value is -0.320. The highest BCUT2D eigenvalue weighted by Gasteiger charge is 2.19. The van der Waals surface area contributed by atoms with Crippen molar-refractivity contribution in [3.8, 4) is 0 Å². The average Bonchev–Trinajstić information content (AvgIpc) is 2.73. The number of nitrogen functional groups attached to an aromatic ring is 1. The van der Waals surface area contributed by atoms with Gasteiger partial charge in [-0.25, -0.2) is 4.98 Å². The van der Waals surface area contributed by atoms with Crippen molar-refractivity contribution in [2.45, 2.75) is 51.6 Å². The van der Waals surface area contributed by atoms with Gasteiger partial charge in [0.15, 0.2) is 5.13 Å². The van der Waals surface area contributed by atoms with Crippen molar-refractivity contribution in [3.05, 3.63) is 11.1 Å². The van der Waals surface area contributed by atoms with Crippen LogP contribution >= 0.6 is 23.7 Å². The molecular formula is C12H22ClN3S. The van der Waals surface area contributed by atoms with E-state index in [2.05, 4.69) is 17.2 Å². The van der Waals surface area contributed by atoms with Crippen molar-refractivity contribution >= 4 is 28.9 Å². The van der Waals surface area contributed by atoms with Gasteiger partial charge in [0, 0.05) is 23.7 Å². The second-order valence-corrected chi connectivity index (χ2v) is 5.88. The van der Waals surface area contributed by atoms with Crippen molar-refractivity contribution in [2.24, 2.45) is 5.92 Å². The summed E-state index contributed by atoms with van der Waals surface area (Å²) in [6.07, 6.45) is 8.89. The zero-order valence-electron chi connectivity index (χ0n) is 10.3. The van der Waals surface area contributed by atoms with Crippen LogP contribution in [0.5, 0.6) is 0 Å². The predicted octanol–water partition coefficient (Wildman–Crippen LogP) is 3.21. The molecule has 1 aromatic rings. The van der Waals surface area contributed by atoms with Gasteiger partial charge in [0.2, 0.25) is 0 Å². The van der Waals surface area contributed by atoms with Crippen molar-refractivity contribution in [1.29, 1.82) is 0 Å². The maximum absolute atomic E-state index is 5.61. The number of anilines is 1. The molecule has 3 N–H and O–H groups in total. The van der Waals surface area contributed by atoms with Gasteiger partial charge in [0.05, 0.1) is 0 Å². The molecule has 98 valence electrons. The minimum absolute atomic E-state index is 0. The van der Waals surface area contributed by atoms with Crippen molar-refractivity contribution in [2.75, 3.05) is 5.73 Å². The van der Waals surface area contributed by atoms with Crippen LogP contribution in [0.1, 0.15) is 43.9 Å². The summed E-state index contributed by atoms with van der Waals surface area (Å²) in [7, 11) is 0. The summed E-state index contributed by atoms with van der Waals surface area (Å²) >= 11 is 1.58. The molecule has 1 aliphatic rings. The number of rotatable bonds is 4. The lowest BCUT2D eigenvalue weighted by Gasteiger charge is -2.28. The van der Waals surface area contributed by atoms with Crippen LogP contribution in [0.2, 0.25) is 0 Å². The number of hydrogen-bond donors (Lipinski definition) is 2. The van der Waals surface area contributed by atoms with Crippen molar-refractivity contribution in [3.63, 3.8) is 0 Å². The van der Waals surface area contributed by atoms with Crippen LogP contribution in [0.25, 0.3) is 0 Å². The van der Waals surface area contributed by atoms with Gasteiger partial charge in [-0.1, -0.05) is 19.3 Å². The highest BCUT2D eigenvalue weighted by Crippen LogP contribution is 2.26. The molecule has 0 aromatic carbocycles. The Morgan fingerprint density at radius 2 is 2.18 bits per heavy atom. The number of nitrogens with zero attached hydrogens (tertiary/aromatic N) is 1. The fraction of sp³-hybridized carbons (Fsp3) is 0.750. The zero-order valence-corrected chi connectivity index (χ0v) is 11.9. The Labute approximate surface area is 114 Å². The average molecular weight is 276 g/mol. The first-order chi connectivity index (χ1) is 7.75. The predicted molar refractivity (Wildman–Crippen MR) is 76.7 cm³/mol. The first-order valence-corrected chi connectivity index (χ1v) is 7.01. The Morgan fingerprint density at radius 1 is 1.47 bits per heavy atom. The zero-order chi connectivity index (χ0) is 11.4. The van der Waals surface area contributed by atoms with Crippen molar-refractivity contribution < 1.29 is 0 Å². The van der Waals surface area contributed by atoms with Gasteiger partial charge in [-0.15, -0.1) is 23.7 Å². The third-order valence-electron chi connectivity index (χ3n) is 3.53. The van der Waals surface area contributed by atoms with Crippen LogP contribution in [-0.2, 0) is 6.54 Å². The molecule has 1 atom stereocenters. The van der Waals surface area contributed by atoms with E-state index in [1.807, 2.05) is 6.20 Å². The molecule has 17 heavy (non-hydrogen) atoms. The molecule has 1 unspecified atom stereocenters. The molecule has 0 aliphatic heterocycles. The quantitative estimate of drug-likeness (QED) is 0.887. The smallest absolute Gasteiger partial charge is 0.180 e. The van der Waals surface area contributed by atoms with Crippen LogP contribution in [0, 0.1) is 5.92 Å². The topological polar surface area (TPSA) is 50.9 Å². The summed E-state index contributed by atoms with van der Waals surface area (Å²) in [6, 6.07) is 0.614. The van der Waals surface area contributed by atoms with E-state index in [0.29, 0.717) is 11.2 Å². The molecule has 0 bridgehead atoms. The molecule has 3 nitrogen and oxygen atoms in total. The molecule has 1 saturated carbocycles. The van der Waals surface area contributed by atoms with Crippen LogP contribution < -0.4 is 11.1 Å². The van der Waals surface area contributed by atoms with E-state index in [1.165, 1.54) is 37.0 Å². The molecule has 0 radical (unpaired) electrons. The molecule has 0 saturated heterocycles. The highest BCUT2D eigenvalue weighted by molar-refractivity contribution is 7.15. The maximum Gasteiger partial charge on any atom is 0.180 e. The molecule has 2 rings (SSSR count). The SMILES string of the molecule is CC(NCc1cnc(N)s1)C1CCCCC1.Cl. The Balaban J connectivity index is 0.00000144. The number of aromatic nitrogens is 1. The molecule has 0 amide bonds. The summed E-state index contributed by atoms with van der Waals surface area (Å²) in [5, 5.41) is 4.27. The van der Waals surface area contributed by atoms with Gasteiger partial charge in [-0.3, -0.25) is 0 Å². The molecule has 5 heteroatoms. The monoisotopic (exact) mass is 275 g/mol. The minimum Gasteiger partial charge on any atom is -0.375 e. The third kappa shape index (κ3) is 4.45. The number of hydrogen-bond acceptors (Lipinski definition) is 4. The van der Waals surface area contributed by atoms with Crippen LogP contribution in [-0.4, -0.2) is 11.0 Å². The van der Waals surface area contributed by atoms with Gasteiger partial charge in [0.25, 0.3) is 0 Å². The number of halogens is 1. The van der Waals surface area contributed by atoms with E-state index in [9.17, 15) is 0 Å². The van der Waals surface area contributed by atoms with Gasteiger partial charge >= 0.3 is 0 Å². The fourth-order valence-electron chi connectivity index (χ4n) is 2.47. The lowest BCUT2D eigenvalue weighted by atomic mass is 9.84. The maximum atomic E-state index is 5.61. The van der Waals surface area contributed by atoms with E-state index in [4.69, 9.17) is 5.73 Å². The Morgan fingerprint density at radius 3 is 2.76 bits per heavy atom. The second-order valence-electron chi connectivity index (χ2n) is 4.73. The van der Waals surface area contributed by atoms with E-state index >= 15 is 0 Å². The molecular weight excluding hydrogens is 254 g/mol. The summed E-state index contributed by atoms with van der Waals surface area (Å²) in [4.78, 5) is 5.30. The summed E-state index contributed by atoms with van der Waals surface area (Å²) < 4.78 is 0. The van der Waals surface area contributed by atoms with E-state index < -0.39 is 0 Å². The van der Waals surface area contributed by atoms with Gasteiger partial charge in [0.1, 0.15) is 0 Å². The minimum atomic E-state index is 0. The summed E-state index contributed by atoms with van der Waals surface area (Å²) in [5.41, 5.74) is 5.61. The lowest BCUT2D eigenvalue weighted by molar-refractivity contribution is 0.281.